The highest BCUT2D eigenvalue weighted by Gasteiger charge is 2.47. The van der Waals surface area contributed by atoms with Gasteiger partial charge in [-0.05, 0) is 67.1 Å². The highest BCUT2D eigenvalue weighted by Crippen LogP contribution is 2.43. The van der Waals surface area contributed by atoms with Gasteiger partial charge in [-0.3, -0.25) is 14.5 Å². The SMILES string of the molecule is CCOc1ccc(N2C(=O)C(=O)/C(=C(/O)c3cc(OC)ccc3Cl)C2c2ccc(N(C)C)cc2)cc1. The minimum atomic E-state index is -0.874. The lowest BCUT2D eigenvalue weighted by Gasteiger charge is -2.26. The summed E-state index contributed by atoms with van der Waals surface area (Å²) in [6.07, 6.45) is 0. The van der Waals surface area contributed by atoms with E-state index in [1.54, 1.807) is 36.4 Å². The van der Waals surface area contributed by atoms with E-state index in [4.69, 9.17) is 21.1 Å². The topological polar surface area (TPSA) is 79.3 Å². The molecule has 1 heterocycles. The molecule has 7 nitrogen and oxygen atoms in total. The number of halogens is 1. The molecule has 8 heteroatoms. The number of amides is 1. The number of carbonyl (C=O) groups excluding carboxylic acids is 2. The summed E-state index contributed by atoms with van der Waals surface area (Å²) in [5, 5.41) is 11.6. The molecule has 3 aromatic rings. The first kappa shape index (κ1) is 25.1. The molecule has 0 aliphatic carbocycles. The van der Waals surface area contributed by atoms with Crippen LogP contribution in [-0.4, -0.2) is 44.6 Å². The number of aliphatic hydroxyl groups excluding tert-OH is 1. The van der Waals surface area contributed by atoms with E-state index in [0.717, 1.165) is 5.69 Å². The number of aliphatic hydroxyl groups is 1. The molecule has 1 atom stereocenters. The second kappa shape index (κ2) is 10.3. The Morgan fingerprint density at radius 2 is 1.64 bits per heavy atom. The maximum atomic E-state index is 13.4. The fraction of sp³-hybridized carbons (Fsp3) is 0.214. The lowest BCUT2D eigenvalue weighted by Crippen LogP contribution is -2.29. The minimum absolute atomic E-state index is 0.0540. The van der Waals surface area contributed by atoms with Gasteiger partial charge in [-0.25, -0.2) is 0 Å². The van der Waals surface area contributed by atoms with Crippen molar-refractivity contribution in [1.82, 2.24) is 0 Å². The minimum Gasteiger partial charge on any atom is -0.507 e. The van der Waals surface area contributed by atoms with Crippen LogP contribution in [0.4, 0.5) is 11.4 Å². The number of anilines is 2. The van der Waals surface area contributed by atoms with E-state index >= 15 is 0 Å². The predicted octanol–water partition coefficient (Wildman–Crippen LogP) is 5.44. The molecule has 0 saturated carbocycles. The van der Waals surface area contributed by atoms with Crippen LogP contribution in [0.15, 0.2) is 72.3 Å². The molecule has 0 radical (unpaired) electrons. The van der Waals surface area contributed by atoms with E-state index in [-0.39, 0.29) is 21.9 Å². The van der Waals surface area contributed by atoms with Crippen molar-refractivity contribution in [3.8, 4) is 11.5 Å². The molecule has 1 aliphatic rings. The van der Waals surface area contributed by atoms with Gasteiger partial charge in [0.25, 0.3) is 11.7 Å². The highest BCUT2D eigenvalue weighted by atomic mass is 35.5. The number of rotatable bonds is 7. The molecule has 0 aromatic heterocycles. The van der Waals surface area contributed by atoms with Crippen LogP contribution in [0.3, 0.4) is 0 Å². The van der Waals surface area contributed by atoms with E-state index in [2.05, 4.69) is 0 Å². The summed E-state index contributed by atoms with van der Waals surface area (Å²) >= 11 is 6.38. The monoisotopic (exact) mass is 506 g/mol. The third kappa shape index (κ3) is 4.62. The summed E-state index contributed by atoms with van der Waals surface area (Å²) in [5.41, 5.74) is 2.26. The molecule has 1 saturated heterocycles. The number of ether oxygens (including phenoxy) is 2. The zero-order chi connectivity index (χ0) is 26.0. The average molecular weight is 507 g/mol. The van der Waals surface area contributed by atoms with Gasteiger partial charge in [0, 0.05) is 31.0 Å². The van der Waals surface area contributed by atoms with Crippen molar-refractivity contribution in [2.75, 3.05) is 37.6 Å². The van der Waals surface area contributed by atoms with Gasteiger partial charge in [-0.15, -0.1) is 0 Å². The Balaban J connectivity index is 1.91. The number of Topliss-reactive ketones (excluding diaryl/α,β-unsaturated/α-hetero) is 1. The number of hydrogen-bond acceptors (Lipinski definition) is 6. The summed E-state index contributed by atoms with van der Waals surface area (Å²) in [7, 11) is 5.34. The van der Waals surface area contributed by atoms with Gasteiger partial charge < -0.3 is 19.5 Å². The molecule has 1 N–H and O–H groups in total. The van der Waals surface area contributed by atoms with Crippen LogP contribution in [0.2, 0.25) is 5.02 Å². The fourth-order valence-electron chi connectivity index (χ4n) is 4.20. The van der Waals surface area contributed by atoms with Crippen molar-refractivity contribution in [2.24, 2.45) is 0 Å². The van der Waals surface area contributed by atoms with Crippen molar-refractivity contribution in [3.63, 3.8) is 0 Å². The van der Waals surface area contributed by atoms with Crippen molar-refractivity contribution in [1.29, 1.82) is 0 Å². The van der Waals surface area contributed by atoms with Crippen molar-refractivity contribution >= 4 is 40.4 Å². The quantitative estimate of drug-likeness (QED) is 0.261. The predicted molar refractivity (Wildman–Crippen MR) is 141 cm³/mol. The summed E-state index contributed by atoms with van der Waals surface area (Å²) in [6.45, 7) is 2.39. The Kier molecular flexibility index (Phi) is 7.22. The molecule has 4 rings (SSSR count). The van der Waals surface area contributed by atoms with Crippen LogP contribution in [0.5, 0.6) is 11.5 Å². The lowest BCUT2D eigenvalue weighted by molar-refractivity contribution is -0.132. The Morgan fingerprint density at radius 1 is 1.00 bits per heavy atom. The zero-order valence-electron chi connectivity index (χ0n) is 20.5. The molecular formula is C28H27ClN2O5. The number of carbonyl (C=O) groups is 2. The van der Waals surface area contributed by atoms with Crippen LogP contribution in [0.25, 0.3) is 5.76 Å². The van der Waals surface area contributed by atoms with Gasteiger partial charge in [-0.1, -0.05) is 23.7 Å². The third-order valence-corrected chi connectivity index (χ3v) is 6.35. The summed E-state index contributed by atoms with van der Waals surface area (Å²) in [6, 6.07) is 18.3. The fourth-order valence-corrected chi connectivity index (χ4v) is 4.40. The molecule has 1 amide bonds. The van der Waals surface area contributed by atoms with Gasteiger partial charge in [0.15, 0.2) is 0 Å². The van der Waals surface area contributed by atoms with E-state index < -0.39 is 17.7 Å². The Labute approximate surface area is 215 Å². The average Bonchev–Trinajstić information content (AvgIpc) is 3.15. The molecule has 0 bridgehead atoms. The second-order valence-corrected chi connectivity index (χ2v) is 8.83. The van der Waals surface area contributed by atoms with Gasteiger partial charge in [-0.2, -0.15) is 0 Å². The van der Waals surface area contributed by atoms with Crippen molar-refractivity contribution in [3.05, 3.63) is 88.5 Å². The van der Waals surface area contributed by atoms with Crippen LogP contribution < -0.4 is 19.3 Å². The molecule has 186 valence electrons. The summed E-state index contributed by atoms with van der Waals surface area (Å²) in [5.74, 6) is -0.822. The number of methoxy groups -OCH3 is 1. The van der Waals surface area contributed by atoms with E-state index in [1.165, 1.54) is 18.1 Å². The number of hydrogen-bond donors (Lipinski definition) is 1. The molecule has 1 fully saturated rings. The molecule has 1 unspecified atom stereocenters. The van der Waals surface area contributed by atoms with Crippen LogP contribution in [0.1, 0.15) is 24.1 Å². The smallest absolute Gasteiger partial charge is 0.300 e. The van der Waals surface area contributed by atoms with Gasteiger partial charge in [0.2, 0.25) is 0 Å². The largest absolute Gasteiger partial charge is 0.507 e. The molecule has 3 aromatic carbocycles. The number of benzene rings is 3. The maximum Gasteiger partial charge on any atom is 0.300 e. The van der Waals surface area contributed by atoms with Crippen LogP contribution in [-0.2, 0) is 9.59 Å². The molecule has 1 aliphatic heterocycles. The summed E-state index contributed by atoms with van der Waals surface area (Å²) in [4.78, 5) is 30.1. The number of nitrogens with zero attached hydrogens (tertiary/aromatic N) is 2. The zero-order valence-corrected chi connectivity index (χ0v) is 21.2. The summed E-state index contributed by atoms with van der Waals surface area (Å²) < 4.78 is 10.8. The van der Waals surface area contributed by atoms with E-state index in [0.29, 0.717) is 29.4 Å². The normalized spacial score (nSPS) is 16.8. The second-order valence-electron chi connectivity index (χ2n) is 8.43. The Morgan fingerprint density at radius 3 is 2.22 bits per heavy atom. The van der Waals surface area contributed by atoms with Crippen molar-refractivity contribution in [2.45, 2.75) is 13.0 Å². The van der Waals surface area contributed by atoms with E-state index in [1.807, 2.05) is 50.2 Å². The van der Waals surface area contributed by atoms with Crippen LogP contribution in [0, 0.1) is 0 Å². The lowest BCUT2D eigenvalue weighted by atomic mass is 9.94. The Hall–Kier alpha value is -3.97. The third-order valence-electron chi connectivity index (χ3n) is 6.02. The number of ketones is 1. The van der Waals surface area contributed by atoms with Gasteiger partial charge >= 0.3 is 0 Å². The standard InChI is InChI=1S/C28H27ClN2O5/c1-5-36-20-12-10-19(11-13-20)31-25(17-6-8-18(9-7-17)30(2)3)24(27(33)28(31)34)26(32)22-16-21(35-4)14-15-23(22)29/h6-16,25,32H,5H2,1-4H3/b26-24+. The van der Waals surface area contributed by atoms with Gasteiger partial charge in [0.1, 0.15) is 17.3 Å². The van der Waals surface area contributed by atoms with Crippen molar-refractivity contribution < 1.29 is 24.2 Å². The molecule has 0 spiro atoms. The highest BCUT2D eigenvalue weighted by molar-refractivity contribution is 6.52. The first-order valence-corrected chi connectivity index (χ1v) is 11.8. The molecular weight excluding hydrogens is 480 g/mol. The maximum absolute atomic E-state index is 13.4. The van der Waals surface area contributed by atoms with Gasteiger partial charge in [0.05, 0.1) is 30.4 Å². The first-order chi connectivity index (χ1) is 17.3. The van der Waals surface area contributed by atoms with E-state index in [9.17, 15) is 14.7 Å². The first-order valence-electron chi connectivity index (χ1n) is 11.4. The van der Waals surface area contributed by atoms with Crippen LogP contribution >= 0.6 is 11.6 Å². The molecule has 36 heavy (non-hydrogen) atoms. The Bertz CT molecular complexity index is 1320.